The predicted octanol–water partition coefficient (Wildman–Crippen LogP) is 2.52. The van der Waals surface area contributed by atoms with Gasteiger partial charge in [-0.05, 0) is 37.5 Å². The molecule has 0 atom stereocenters. The Morgan fingerprint density at radius 2 is 1.83 bits per heavy atom. The molecule has 0 amide bonds. The van der Waals surface area contributed by atoms with Gasteiger partial charge in [-0.3, -0.25) is 4.79 Å². The maximum Gasteiger partial charge on any atom is 0.304 e. The summed E-state index contributed by atoms with van der Waals surface area (Å²) in [4.78, 5) is 11.0. The molecular formula is C14H18O4. The highest BCUT2D eigenvalue weighted by Crippen LogP contribution is 2.56. The highest BCUT2D eigenvalue weighted by molar-refractivity contribution is 5.71. The van der Waals surface area contributed by atoms with Crippen LogP contribution in [-0.2, 0) is 10.2 Å². The number of benzene rings is 1. The summed E-state index contributed by atoms with van der Waals surface area (Å²) in [6, 6.07) is 3.71. The van der Waals surface area contributed by atoms with Gasteiger partial charge < -0.3 is 14.6 Å². The third kappa shape index (κ3) is 2.03. The number of methoxy groups -OCH3 is 2. The highest BCUT2D eigenvalue weighted by Gasteiger charge is 2.49. The van der Waals surface area contributed by atoms with Gasteiger partial charge in [-0.2, -0.15) is 0 Å². The minimum atomic E-state index is -0.767. The Hall–Kier alpha value is -1.71. The molecule has 98 valence electrons. The van der Waals surface area contributed by atoms with Crippen LogP contribution in [-0.4, -0.2) is 25.3 Å². The minimum Gasteiger partial charge on any atom is -0.496 e. The van der Waals surface area contributed by atoms with Crippen LogP contribution in [0.25, 0.3) is 0 Å². The molecule has 1 aliphatic carbocycles. The maximum absolute atomic E-state index is 11.0. The van der Waals surface area contributed by atoms with Crippen LogP contribution in [0, 0.1) is 6.92 Å². The number of rotatable bonds is 5. The maximum atomic E-state index is 11.0. The molecule has 0 radical (unpaired) electrons. The summed E-state index contributed by atoms with van der Waals surface area (Å²) >= 11 is 0. The van der Waals surface area contributed by atoms with Gasteiger partial charge in [0, 0.05) is 11.0 Å². The molecular weight excluding hydrogens is 232 g/mol. The molecule has 4 heteroatoms. The normalized spacial score (nSPS) is 16.2. The van der Waals surface area contributed by atoms with Gasteiger partial charge in [0.25, 0.3) is 0 Å². The zero-order chi connectivity index (χ0) is 13.3. The highest BCUT2D eigenvalue weighted by atomic mass is 16.5. The smallest absolute Gasteiger partial charge is 0.304 e. The van der Waals surface area contributed by atoms with Crippen molar-refractivity contribution < 1.29 is 19.4 Å². The van der Waals surface area contributed by atoms with E-state index in [2.05, 4.69) is 0 Å². The minimum absolute atomic E-state index is 0.150. The number of ether oxygens (including phenoxy) is 2. The van der Waals surface area contributed by atoms with Gasteiger partial charge >= 0.3 is 5.97 Å². The molecule has 0 aliphatic heterocycles. The van der Waals surface area contributed by atoms with Gasteiger partial charge in [-0.25, -0.2) is 0 Å². The quantitative estimate of drug-likeness (QED) is 0.872. The van der Waals surface area contributed by atoms with Crippen LogP contribution in [0.4, 0.5) is 0 Å². The van der Waals surface area contributed by atoms with Crippen LogP contribution < -0.4 is 9.47 Å². The van der Waals surface area contributed by atoms with Crippen molar-refractivity contribution in [1.82, 2.24) is 0 Å². The molecule has 1 aliphatic rings. The molecule has 1 saturated carbocycles. The monoisotopic (exact) mass is 250 g/mol. The van der Waals surface area contributed by atoms with Crippen molar-refractivity contribution in [1.29, 1.82) is 0 Å². The Bertz CT molecular complexity index is 475. The van der Waals surface area contributed by atoms with Crippen molar-refractivity contribution in [2.24, 2.45) is 0 Å². The number of hydrogen-bond acceptors (Lipinski definition) is 3. The predicted molar refractivity (Wildman–Crippen MR) is 67.4 cm³/mol. The molecule has 4 nitrogen and oxygen atoms in total. The van der Waals surface area contributed by atoms with Gasteiger partial charge in [0.05, 0.1) is 20.6 Å². The summed E-state index contributed by atoms with van der Waals surface area (Å²) < 4.78 is 10.7. The molecule has 1 N–H and O–H groups in total. The van der Waals surface area contributed by atoms with E-state index in [4.69, 9.17) is 14.6 Å². The molecule has 0 bridgehead atoms. The zero-order valence-corrected chi connectivity index (χ0v) is 10.9. The standard InChI is InChI=1S/C14H18O4/c1-9-10(17-2)4-5-11(18-3)13(9)14(6-7-14)8-12(15)16/h4-5H,6-8H2,1-3H3,(H,15,16). The third-order valence-corrected chi connectivity index (χ3v) is 3.69. The van der Waals surface area contributed by atoms with Crippen molar-refractivity contribution in [2.45, 2.75) is 31.6 Å². The summed E-state index contributed by atoms with van der Waals surface area (Å²) in [6.45, 7) is 1.96. The van der Waals surface area contributed by atoms with Gasteiger partial charge in [-0.1, -0.05) is 0 Å². The Morgan fingerprint density at radius 1 is 1.28 bits per heavy atom. The van der Waals surface area contributed by atoms with Crippen LogP contribution in [0.5, 0.6) is 11.5 Å². The second kappa shape index (κ2) is 4.52. The van der Waals surface area contributed by atoms with Gasteiger partial charge in [0.1, 0.15) is 11.5 Å². The number of hydrogen-bond donors (Lipinski definition) is 1. The lowest BCUT2D eigenvalue weighted by Crippen LogP contribution is -2.16. The first-order chi connectivity index (χ1) is 8.54. The lowest BCUT2D eigenvalue weighted by Gasteiger charge is -2.21. The largest absolute Gasteiger partial charge is 0.496 e. The van der Waals surface area contributed by atoms with Crippen LogP contribution in [0.15, 0.2) is 12.1 Å². The molecule has 18 heavy (non-hydrogen) atoms. The van der Waals surface area contributed by atoms with Crippen LogP contribution in [0.2, 0.25) is 0 Å². The molecule has 2 rings (SSSR count). The average Bonchev–Trinajstić information content (AvgIpc) is 3.08. The van der Waals surface area contributed by atoms with E-state index in [0.717, 1.165) is 35.5 Å². The number of carboxylic acids is 1. The number of carboxylic acid groups (broad SMARTS) is 1. The Kier molecular flexibility index (Phi) is 3.20. The topological polar surface area (TPSA) is 55.8 Å². The van der Waals surface area contributed by atoms with E-state index < -0.39 is 5.97 Å². The Morgan fingerprint density at radius 3 is 2.28 bits per heavy atom. The fraction of sp³-hybridized carbons (Fsp3) is 0.500. The van der Waals surface area contributed by atoms with E-state index in [1.165, 1.54) is 0 Å². The number of aliphatic carboxylic acids is 1. The summed E-state index contributed by atoms with van der Waals surface area (Å²) in [5.41, 5.74) is 1.71. The fourth-order valence-corrected chi connectivity index (χ4v) is 2.67. The fourth-order valence-electron chi connectivity index (χ4n) is 2.67. The molecule has 0 heterocycles. The molecule has 0 saturated heterocycles. The van der Waals surface area contributed by atoms with E-state index in [1.807, 2.05) is 19.1 Å². The van der Waals surface area contributed by atoms with Gasteiger partial charge in [0.15, 0.2) is 0 Å². The van der Waals surface area contributed by atoms with E-state index in [0.29, 0.717) is 0 Å². The van der Waals surface area contributed by atoms with Crippen molar-refractivity contribution in [3.8, 4) is 11.5 Å². The molecule has 1 fully saturated rings. The van der Waals surface area contributed by atoms with E-state index in [9.17, 15) is 4.79 Å². The van der Waals surface area contributed by atoms with Crippen LogP contribution in [0.3, 0.4) is 0 Å². The average molecular weight is 250 g/mol. The second-order valence-corrected chi connectivity index (χ2v) is 4.82. The SMILES string of the molecule is COc1ccc(OC)c(C2(CC(=O)O)CC2)c1C. The summed E-state index contributed by atoms with van der Waals surface area (Å²) in [7, 11) is 3.23. The summed E-state index contributed by atoms with van der Waals surface area (Å²) in [5, 5.41) is 9.06. The van der Waals surface area contributed by atoms with Crippen LogP contribution in [0.1, 0.15) is 30.4 Å². The van der Waals surface area contributed by atoms with Crippen molar-refractivity contribution in [2.75, 3.05) is 14.2 Å². The Labute approximate surface area is 107 Å². The van der Waals surface area contributed by atoms with Gasteiger partial charge in [0.2, 0.25) is 0 Å². The van der Waals surface area contributed by atoms with Gasteiger partial charge in [-0.15, -0.1) is 0 Å². The lowest BCUT2D eigenvalue weighted by molar-refractivity contribution is -0.137. The Balaban J connectivity index is 2.51. The first-order valence-corrected chi connectivity index (χ1v) is 5.98. The van der Waals surface area contributed by atoms with Crippen molar-refractivity contribution in [3.63, 3.8) is 0 Å². The number of carbonyl (C=O) groups is 1. The first kappa shape index (κ1) is 12.7. The molecule has 1 aromatic carbocycles. The molecule has 1 aromatic rings. The lowest BCUT2D eigenvalue weighted by atomic mass is 9.87. The molecule has 0 spiro atoms. The summed E-state index contributed by atoms with van der Waals surface area (Å²) in [6.07, 6.45) is 1.94. The van der Waals surface area contributed by atoms with Crippen molar-refractivity contribution >= 4 is 5.97 Å². The van der Waals surface area contributed by atoms with E-state index in [-0.39, 0.29) is 11.8 Å². The van der Waals surface area contributed by atoms with Crippen LogP contribution >= 0.6 is 0 Å². The summed E-state index contributed by atoms with van der Waals surface area (Å²) in [5.74, 6) is 0.770. The van der Waals surface area contributed by atoms with Crippen molar-refractivity contribution in [3.05, 3.63) is 23.3 Å². The van der Waals surface area contributed by atoms with E-state index in [1.54, 1.807) is 14.2 Å². The molecule has 0 aromatic heterocycles. The second-order valence-electron chi connectivity index (χ2n) is 4.82. The third-order valence-electron chi connectivity index (χ3n) is 3.69. The van der Waals surface area contributed by atoms with E-state index >= 15 is 0 Å². The molecule has 0 unspecified atom stereocenters. The first-order valence-electron chi connectivity index (χ1n) is 5.98. The zero-order valence-electron chi connectivity index (χ0n) is 10.9.